The molecule has 3 unspecified atom stereocenters. The van der Waals surface area contributed by atoms with Crippen LogP contribution in [0.15, 0.2) is 29.9 Å². The molecule has 0 radical (unpaired) electrons. The van der Waals surface area contributed by atoms with Crippen LogP contribution in [0.2, 0.25) is 0 Å². The van der Waals surface area contributed by atoms with Crippen molar-refractivity contribution in [3.63, 3.8) is 0 Å². The number of hydrogen-bond donors (Lipinski definition) is 4. The number of benzene rings is 2. The highest BCUT2D eigenvalue weighted by atomic mass is 16.5. The molecule has 2 heterocycles. The van der Waals surface area contributed by atoms with Gasteiger partial charge >= 0.3 is 0 Å². The van der Waals surface area contributed by atoms with Crippen LogP contribution in [-0.2, 0) is 5.41 Å². The predicted molar refractivity (Wildman–Crippen MR) is 210 cm³/mol. The maximum absolute atomic E-state index is 14.0. The van der Waals surface area contributed by atoms with Gasteiger partial charge < -0.3 is 30.1 Å². The number of anilines is 1. The van der Waals surface area contributed by atoms with E-state index >= 15 is 0 Å². The van der Waals surface area contributed by atoms with Crippen LogP contribution in [0.25, 0.3) is 16.8 Å². The Bertz CT molecular complexity index is 2040. The Morgan fingerprint density at radius 3 is 2.38 bits per heavy atom. The Morgan fingerprint density at radius 2 is 1.64 bits per heavy atom. The van der Waals surface area contributed by atoms with Crippen molar-refractivity contribution in [2.45, 2.75) is 137 Å². The van der Waals surface area contributed by atoms with Crippen LogP contribution in [0, 0.1) is 46.3 Å². The van der Waals surface area contributed by atoms with Crippen molar-refractivity contribution >= 4 is 28.3 Å². The second kappa shape index (κ2) is 11.3. The number of hydrogen-bond acceptors (Lipinski definition) is 7. The van der Waals surface area contributed by atoms with Crippen molar-refractivity contribution in [3.8, 4) is 23.0 Å². The number of phenolic OH excluding ortho intramolecular Hbond substituents is 2. The Kier molecular flexibility index (Phi) is 7.52. The SMILES string of the molecule is CC(C)[C@@H](C)/C=C/[C@@H](C)[C@H]1CCC2C3=C[C@@H]4Oc5c(c(O)c6c(O)c7c(c8c6c5C(=O)C=C8)OC(C)C7(C)C)N[C@@]45C[C@@H](O)CC[C@]5(C)C3CC[C@@]21C. The first-order valence-electron chi connectivity index (χ1n) is 20.5. The molecule has 7 nitrogen and oxygen atoms in total. The first kappa shape index (κ1) is 35.3. The molecule has 0 aromatic heterocycles. The fourth-order valence-corrected chi connectivity index (χ4v) is 12.7. The summed E-state index contributed by atoms with van der Waals surface area (Å²) < 4.78 is 13.6. The number of aliphatic hydroxyl groups is 1. The van der Waals surface area contributed by atoms with Gasteiger partial charge in [0.1, 0.15) is 29.4 Å². The van der Waals surface area contributed by atoms with Crippen molar-refractivity contribution in [3.05, 3.63) is 46.6 Å². The van der Waals surface area contributed by atoms with Gasteiger partial charge in [-0.15, -0.1) is 0 Å². The third kappa shape index (κ3) is 4.40. The van der Waals surface area contributed by atoms with Crippen molar-refractivity contribution in [2.75, 3.05) is 5.32 Å². The zero-order valence-electron chi connectivity index (χ0n) is 33.1. The molecule has 9 rings (SSSR count). The molecule has 2 aliphatic heterocycles. The third-order valence-corrected chi connectivity index (χ3v) is 16.6. The van der Waals surface area contributed by atoms with Crippen LogP contribution < -0.4 is 14.8 Å². The zero-order valence-corrected chi connectivity index (χ0v) is 33.1. The van der Waals surface area contributed by atoms with Gasteiger partial charge in [-0.1, -0.05) is 73.1 Å². The highest BCUT2D eigenvalue weighted by molar-refractivity contribution is 6.26. The van der Waals surface area contributed by atoms with Gasteiger partial charge in [0, 0.05) is 33.8 Å². The molecule has 2 aromatic carbocycles. The minimum Gasteiger partial charge on any atom is -0.507 e. The number of ether oxygens (including phenoxy) is 2. The predicted octanol–water partition coefficient (Wildman–Crippen LogP) is 9.85. The van der Waals surface area contributed by atoms with E-state index in [0.29, 0.717) is 87.6 Å². The Morgan fingerprint density at radius 1 is 0.887 bits per heavy atom. The molecule has 7 aliphatic rings. The lowest BCUT2D eigenvalue weighted by atomic mass is 9.44. The van der Waals surface area contributed by atoms with Gasteiger partial charge in [-0.25, -0.2) is 0 Å². The van der Waals surface area contributed by atoms with Crippen LogP contribution in [0.5, 0.6) is 23.0 Å². The van der Waals surface area contributed by atoms with Crippen molar-refractivity contribution in [1.29, 1.82) is 0 Å². The number of fused-ring (bicyclic) bond motifs is 8. The minimum absolute atomic E-state index is 0.0541. The number of carbonyl (C=O) groups excluding carboxylic acids is 1. The van der Waals surface area contributed by atoms with Crippen molar-refractivity contribution in [2.24, 2.45) is 46.3 Å². The summed E-state index contributed by atoms with van der Waals surface area (Å²) >= 11 is 0. The van der Waals surface area contributed by atoms with Crippen LogP contribution in [0.1, 0.15) is 129 Å². The van der Waals surface area contributed by atoms with Gasteiger partial charge in [-0.2, -0.15) is 0 Å². The molecule has 7 heteroatoms. The molecule has 0 amide bonds. The van der Waals surface area contributed by atoms with Crippen LogP contribution in [0.3, 0.4) is 0 Å². The first-order valence-corrected chi connectivity index (χ1v) is 20.5. The van der Waals surface area contributed by atoms with Gasteiger partial charge in [-0.3, -0.25) is 4.79 Å². The lowest BCUT2D eigenvalue weighted by Crippen LogP contribution is -2.71. The maximum Gasteiger partial charge on any atom is 0.190 e. The fraction of sp³-hybridized carbons (Fsp3) is 0.630. The summed E-state index contributed by atoms with van der Waals surface area (Å²) in [5.41, 5.74) is 2.16. The maximum atomic E-state index is 14.0. The second-order valence-corrected chi connectivity index (χ2v) is 19.6. The summed E-state index contributed by atoms with van der Waals surface area (Å²) in [6.07, 6.45) is 16.0. The largest absolute Gasteiger partial charge is 0.507 e. The molecular formula is C46H59NO6. The average molecular weight is 722 g/mol. The normalized spacial score (nSPS) is 38.5. The lowest BCUT2D eigenvalue weighted by molar-refractivity contribution is -0.0888. The summed E-state index contributed by atoms with van der Waals surface area (Å²) in [7, 11) is 0. The highest BCUT2D eigenvalue weighted by Gasteiger charge is 2.68. The van der Waals surface area contributed by atoms with Crippen LogP contribution in [-0.4, -0.2) is 45.0 Å². The summed E-state index contributed by atoms with van der Waals surface area (Å²) in [6.45, 7) is 20.3. The number of aromatic hydroxyl groups is 2. The van der Waals surface area contributed by atoms with Gasteiger partial charge in [0.25, 0.3) is 0 Å². The van der Waals surface area contributed by atoms with E-state index in [2.05, 4.69) is 65.1 Å². The highest BCUT2D eigenvalue weighted by Crippen LogP contribution is 2.70. The monoisotopic (exact) mass is 721 g/mol. The molecule has 0 bridgehead atoms. The van der Waals surface area contributed by atoms with E-state index in [0.717, 1.165) is 25.7 Å². The van der Waals surface area contributed by atoms with Crippen molar-refractivity contribution < 1.29 is 29.6 Å². The van der Waals surface area contributed by atoms with E-state index in [4.69, 9.17) is 9.47 Å². The molecule has 53 heavy (non-hydrogen) atoms. The molecule has 2 aromatic rings. The quantitative estimate of drug-likeness (QED) is 0.184. The van der Waals surface area contributed by atoms with E-state index in [1.807, 2.05) is 20.8 Å². The number of phenols is 2. The molecule has 4 N–H and O–H groups in total. The molecule has 3 fully saturated rings. The Hall–Kier alpha value is -3.45. The second-order valence-electron chi connectivity index (χ2n) is 19.6. The van der Waals surface area contributed by atoms with Gasteiger partial charge in [0.15, 0.2) is 17.3 Å². The number of carbonyl (C=O) groups is 1. The first-order chi connectivity index (χ1) is 25.0. The average Bonchev–Trinajstić information content (AvgIpc) is 3.58. The van der Waals surface area contributed by atoms with Gasteiger partial charge in [-0.05, 0) is 105 Å². The Labute approximate surface area is 314 Å². The zero-order chi connectivity index (χ0) is 37.7. The molecule has 284 valence electrons. The number of aliphatic hydroxyl groups excluding tert-OH is 1. The fourth-order valence-electron chi connectivity index (χ4n) is 12.7. The van der Waals surface area contributed by atoms with E-state index < -0.39 is 23.2 Å². The van der Waals surface area contributed by atoms with Gasteiger partial charge in [0.2, 0.25) is 0 Å². The Balaban J connectivity index is 1.20. The van der Waals surface area contributed by atoms with E-state index in [1.165, 1.54) is 12.0 Å². The summed E-state index contributed by atoms with van der Waals surface area (Å²) in [6, 6.07) is 0. The number of nitrogens with one attached hydrogen (secondary N) is 1. The van der Waals surface area contributed by atoms with Crippen LogP contribution >= 0.6 is 0 Å². The van der Waals surface area contributed by atoms with Gasteiger partial charge in [0.05, 0.1) is 22.6 Å². The molecular weight excluding hydrogens is 663 g/mol. The topological polar surface area (TPSA) is 108 Å². The third-order valence-electron chi connectivity index (χ3n) is 16.6. The molecule has 1 spiro atoms. The van der Waals surface area contributed by atoms with Crippen molar-refractivity contribution in [1.82, 2.24) is 0 Å². The van der Waals surface area contributed by atoms with Crippen LogP contribution in [0.4, 0.5) is 5.69 Å². The lowest BCUT2D eigenvalue weighted by Gasteiger charge is -2.66. The molecule has 3 saturated carbocycles. The van der Waals surface area contributed by atoms with E-state index in [9.17, 15) is 20.1 Å². The number of rotatable bonds is 4. The minimum atomic E-state index is -0.724. The molecule has 11 atom stereocenters. The number of allylic oxidation sites excluding steroid dienone is 4. The standard InChI is InChI=1S/C46H59NO6/c1-22(2)23(3)10-11-24(4)29-13-14-30-28-20-33-46(21-26(48)16-19-45(46,9)31(28)17-18-44(29,30)8)47-38-40(51)36-34-27(12-15-32(49)35(34)42(38)53-33)41-37(39(36)50)43(6,7)25(5)52-41/h10-12,15,20,22-26,29-31,33,47-48,50-51H,13-14,16-19,21H2,1-9H3/b11-10+/t23-,24+,25?,26-,29+,30?,31?,33-,44+,45+,46-/m0/s1. The van der Waals surface area contributed by atoms with E-state index in [-0.39, 0.29) is 39.6 Å². The summed E-state index contributed by atoms with van der Waals surface area (Å²) in [4.78, 5) is 14.0. The molecule has 0 saturated heterocycles. The molecule has 5 aliphatic carbocycles. The smallest absolute Gasteiger partial charge is 0.190 e. The summed E-state index contributed by atoms with van der Waals surface area (Å²) in [5, 5.41) is 40.4. The summed E-state index contributed by atoms with van der Waals surface area (Å²) in [5.74, 6) is 3.51. The van der Waals surface area contributed by atoms with E-state index in [1.54, 1.807) is 12.2 Å². The number of ketones is 1.